The van der Waals surface area contributed by atoms with Gasteiger partial charge in [0.05, 0.1) is 0 Å². The van der Waals surface area contributed by atoms with Gasteiger partial charge in [0, 0.05) is 25.3 Å². The molecule has 0 fully saturated rings. The first-order chi connectivity index (χ1) is 21.6. The Balaban J connectivity index is 1.55. The molecular weight excluding hydrogens is 544 g/mol. The van der Waals surface area contributed by atoms with Crippen molar-refractivity contribution in [3.8, 4) is 44.9 Å². The molecule has 44 heavy (non-hydrogen) atoms. The van der Waals surface area contributed by atoms with Crippen molar-refractivity contribution in [2.75, 3.05) is 27.8 Å². The van der Waals surface area contributed by atoms with Crippen molar-refractivity contribution in [3.05, 3.63) is 120 Å². The van der Waals surface area contributed by atoms with Gasteiger partial charge in [-0.25, -0.2) is 0 Å². The summed E-state index contributed by atoms with van der Waals surface area (Å²) in [7, 11) is 3.27. The number of hydrogen-bond acceptors (Lipinski definition) is 4. The molecule has 0 heterocycles. The maximum atomic E-state index is 6.20. The molecule has 0 saturated carbocycles. The third kappa shape index (κ3) is 5.92. The highest BCUT2D eigenvalue weighted by Crippen LogP contribution is 2.46. The van der Waals surface area contributed by atoms with Crippen molar-refractivity contribution >= 4 is 21.5 Å². The van der Waals surface area contributed by atoms with E-state index >= 15 is 0 Å². The molecule has 0 aliphatic heterocycles. The minimum atomic E-state index is 0.136. The molecule has 0 aromatic heterocycles. The third-order valence-electron chi connectivity index (χ3n) is 8.27. The predicted octanol–water partition coefficient (Wildman–Crippen LogP) is 10.1. The summed E-state index contributed by atoms with van der Waals surface area (Å²) in [4.78, 5) is 0. The number of fused-ring (bicyclic) bond motifs is 2. The molecule has 0 bridgehead atoms. The molecule has 6 aromatic carbocycles. The van der Waals surface area contributed by atoms with Gasteiger partial charge in [-0.15, -0.1) is 0 Å². The summed E-state index contributed by atoms with van der Waals surface area (Å²) in [5.41, 5.74) is 9.31. The molecule has 4 nitrogen and oxygen atoms in total. The normalized spacial score (nSPS) is 11.3. The summed E-state index contributed by atoms with van der Waals surface area (Å²) in [6.45, 7) is 4.63. The lowest BCUT2D eigenvalue weighted by Crippen LogP contribution is -2.04. The van der Waals surface area contributed by atoms with Crippen LogP contribution in [0.2, 0.25) is 0 Å². The molecule has 0 N–H and O–H groups in total. The van der Waals surface area contributed by atoms with E-state index in [-0.39, 0.29) is 13.6 Å². The summed E-state index contributed by atoms with van der Waals surface area (Å²) >= 11 is 0. The quantitative estimate of drug-likeness (QED) is 0.142. The second-order valence-electron chi connectivity index (χ2n) is 11.0. The topological polar surface area (TPSA) is 36.9 Å². The number of rotatable bonds is 11. The lowest BCUT2D eigenvalue weighted by molar-refractivity contribution is 0.0502. The van der Waals surface area contributed by atoms with Crippen LogP contribution in [0.25, 0.3) is 54.9 Å². The predicted molar refractivity (Wildman–Crippen MR) is 182 cm³/mol. The first-order valence-electron chi connectivity index (χ1n) is 15.2. The van der Waals surface area contributed by atoms with Crippen molar-refractivity contribution in [3.63, 3.8) is 0 Å². The number of hydrogen-bond donors (Lipinski definition) is 0. The SMILES string of the molecule is CCc1ccc(-c2ccc3c(-c4c(OCOC)ccc5cc(-c6ccc(CC)cc6)ccc45)c(OCOC)ccc3c2)cc1. The Morgan fingerprint density at radius 2 is 0.818 bits per heavy atom. The molecule has 0 spiro atoms. The smallest absolute Gasteiger partial charge is 0.188 e. The first kappa shape index (κ1) is 29.4. The first-order valence-corrected chi connectivity index (χ1v) is 15.2. The van der Waals surface area contributed by atoms with Crippen LogP contribution in [0.5, 0.6) is 11.5 Å². The Morgan fingerprint density at radius 3 is 1.18 bits per heavy atom. The third-order valence-corrected chi connectivity index (χ3v) is 8.27. The Hall–Kier alpha value is -4.64. The number of aryl methyl sites for hydroxylation is 2. The molecule has 0 aliphatic rings. The van der Waals surface area contributed by atoms with Crippen molar-refractivity contribution in [2.24, 2.45) is 0 Å². The van der Waals surface area contributed by atoms with E-state index in [9.17, 15) is 0 Å². The maximum absolute atomic E-state index is 6.20. The van der Waals surface area contributed by atoms with Gasteiger partial charge in [-0.05, 0) is 92.0 Å². The van der Waals surface area contributed by atoms with Gasteiger partial charge in [0.2, 0.25) is 0 Å². The van der Waals surface area contributed by atoms with Gasteiger partial charge in [-0.2, -0.15) is 0 Å². The van der Waals surface area contributed by atoms with E-state index in [4.69, 9.17) is 18.9 Å². The van der Waals surface area contributed by atoms with Crippen LogP contribution >= 0.6 is 0 Å². The van der Waals surface area contributed by atoms with E-state index in [1.54, 1.807) is 14.2 Å². The highest BCUT2D eigenvalue weighted by molar-refractivity contribution is 6.11. The maximum Gasteiger partial charge on any atom is 0.188 e. The molecule has 0 radical (unpaired) electrons. The lowest BCUT2D eigenvalue weighted by Gasteiger charge is -2.20. The molecular formula is C40H38O4. The Labute approximate surface area is 259 Å². The van der Waals surface area contributed by atoms with Gasteiger partial charge >= 0.3 is 0 Å². The van der Waals surface area contributed by atoms with Crippen LogP contribution in [-0.4, -0.2) is 27.8 Å². The van der Waals surface area contributed by atoms with Gasteiger partial charge in [0.1, 0.15) is 11.5 Å². The van der Waals surface area contributed by atoms with Crippen molar-refractivity contribution in [1.82, 2.24) is 0 Å². The summed E-state index contributed by atoms with van der Waals surface area (Å²) < 4.78 is 23.1. The van der Waals surface area contributed by atoms with E-state index in [0.717, 1.165) is 57.0 Å². The van der Waals surface area contributed by atoms with Crippen LogP contribution in [0.3, 0.4) is 0 Å². The van der Waals surface area contributed by atoms with Crippen LogP contribution in [0.1, 0.15) is 25.0 Å². The molecule has 0 atom stereocenters. The van der Waals surface area contributed by atoms with Gasteiger partial charge in [-0.1, -0.05) is 98.8 Å². The summed E-state index contributed by atoms with van der Waals surface area (Å²) in [5.74, 6) is 1.46. The van der Waals surface area contributed by atoms with Crippen LogP contribution in [0.15, 0.2) is 109 Å². The fraction of sp³-hybridized carbons (Fsp3) is 0.200. The zero-order valence-corrected chi connectivity index (χ0v) is 25.9. The highest BCUT2D eigenvalue weighted by atomic mass is 16.7. The fourth-order valence-corrected chi connectivity index (χ4v) is 5.85. The van der Waals surface area contributed by atoms with Crippen molar-refractivity contribution in [2.45, 2.75) is 26.7 Å². The monoisotopic (exact) mass is 582 g/mol. The molecule has 0 aliphatic carbocycles. The average Bonchev–Trinajstić information content (AvgIpc) is 3.09. The number of benzene rings is 6. The van der Waals surface area contributed by atoms with Crippen molar-refractivity contribution < 1.29 is 18.9 Å². The zero-order valence-electron chi connectivity index (χ0n) is 25.9. The largest absolute Gasteiger partial charge is 0.467 e. The Bertz CT molecular complexity index is 1750. The van der Waals surface area contributed by atoms with Gasteiger partial charge in [-0.3, -0.25) is 0 Å². The van der Waals surface area contributed by atoms with Gasteiger partial charge in [0.25, 0.3) is 0 Å². The van der Waals surface area contributed by atoms with E-state index in [2.05, 4.69) is 111 Å². The van der Waals surface area contributed by atoms with Crippen LogP contribution in [0, 0.1) is 0 Å². The Kier molecular flexibility index (Phi) is 8.92. The van der Waals surface area contributed by atoms with Crippen LogP contribution < -0.4 is 9.47 Å². The van der Waals surface area contributed by atoms with Gasteiger partial charge < -0.3 is 18.9 Å². The molecule has 6 aromatic rings. The van der Waals surface area contributed by atoms with Crippen molar-refractivity contribution in [1.29, 1.82) is 0 Å². The standard InChI is InChI=1S/C40H38O4/c1-5-27-7-11-29(12-8-27)31-15-19-35-33(23-31)17-21-37(43-25-41-3)39(35)40-36-20-16-32(30-13-9-28(6-2)10-14-30)24-34(36)18-22-38(40)44-26-42-4/h7-24H,5-6,25-26H2,1-4H3. The average molecular weight is 583 g/mol. The highest BCUT2D eigenvalue weighted by Gasteiger charge is 2.20. The molecule has 0 saturated heterocycles. The number of ether oxygens (including phenoxy) is 4. The van der Waals surface area contributed by atoms with E-state index in [1.807, 2.05) is 12.1 Å². The van der Waals surface area contributed by atoms with Crippen LogP contribution in [-0.2, 0) is 22.3 Å². The second kappa shape index (κ2) is 13.3. The minimum absolute atomic E-state index is 0.136. The summed E-state index contributed by atoms with van der Waals surface area (Å²) in [5, 5.41) is 4.37. The van der Waals surface area contributed by atoms with Gasteiger partial charge in [0.15, 0.2) is 13.6 Å². The zero-order chi connectivity index (χ0) is 30.5. The molecule has 4 heteroatoms. The summed E-state index contributed by atoms with van der Waals surface area (Å²) in [6.07, 6.45) is 2.05. The van der Waals surface area contributed by atoms with Crippen LogP contribution in [0.4, 0.5) is 0 Å². The number of methoxy groups -OCH3 is 2. The molecule has 222 valence electrons. The minimum Gasteiger partial charge on any atom is -0.467 e. The fourth-order valence-electron chi connectivity index (χ4n) is 5.85. The summed E-state index contributed by atoms with van der Waals surface area (Å²) in [6, 6.07) is 39.2. The second-order valence-corrected chi connectivity index (χ2v) is 11.0. The molecule has 0 amide bonds. The van der Waals surface area contributed by atoms with E-state index in [0.29, 0.717) is 0 Å². The Morgan fingerprint density at radius 1 is 0.432 bits per heavy atom. The van der Waals surface area contributed by atoms with E-state index in [1.165, 1.54) is 33.4 Å². The van der Waals surface area contributed by atoms with E-state index < -0.39 is 0 Å². The molecule has 0 unspecified atom stereocenters. The molecule has 6 rings (SSSR count). The lowest BCUT2D eigenvalue weighted by atomic mass is 9.90.